The number of halogens is 2. The standard InChI is InChI=1S/C16H24N4O.2ClH/c1-12(11-17-3)16(21)18-9-6-10-20-13(2)19-14-7-4-5-8-15(14)20;;/h4-5,7-8,12,17H,6,9-11H2,1-3H3,(H,18,21);2*1H. The number of hydrogen-bond acceptors (Lipinski definition) is 3. The predicted molar refractivity (Wildman–Crippen MR) is 99.7 cm³/mol. The van der Waals surface area contributed by atoms with E-state index in [-0.39, 0.29) is 36.6 Å². The SMILES string of the molecule is CNCC(C)C(=O)NCCCn1c(C)nc2ccccc21.Cl.Cl. The zero-order valence-corrected chi connectivity index (χ0v) is 15.5. The van der Waals surface area contributed by atoms with Crippen molar-refractivity contribution in [1.29, 1.82) is 0 Å². The van der Waals surface area contributed by atoms with Crippen molar-refractivity contribution < 1.29 is 4.79 Å². The number of aromatic nitrogens is 2. The first-order valence-electron chi connectivity index (χ1n) is 7.47. The zero-order chi connectivity index (χ0) is 15.2. The first-order chi connectivity index (χ1) is 10.1. The lowest BCUT2D eigenvalue weighted by Crippen LogP contribution is -2.35. The summed E-state index contributed by atoms with van der Waals surface area (Å²) in [5.74, 6) is 1.13. The maximum atomic E-state index is 11.8. The van der Waals surface area contributed by atoms with Crippen molar-refractivity contribution in [2.45, 2.75) is 26.8 Å². The number of hydrogen-bond donors (Lipinski definition) is 2. The third-order valence-corrected chi connectivity index (χ3v) is 3.66. The Labute approximate surface area is 150 Å². The molecule has 0 spiro atoms. The van der Waals surface area contributed by atoms with Crippen LogP contribution < -0.4 is 10.6 Å². The fraction of sp³-hybridized carbons (Fsp3) is 0.500. The smallest absolute Gasteiger partial charge is 0.224 e. The summed E-state index contributed by atoms with van der Waals surface area (Å²) in [5, 5.41) is 6.00. The van der Waals surface area contributed by atoms with Crippen molar-refractivity contribution in [3.05, 3.63) is 30.1 Å². The highest BCUT2D eigenvalue weighted by Crippen LogP contribution is 2.15. The minimum absolute atomic E-state index is 0. The van der Waals surface area contributed by atoms with Gasteiger partial charge in [-0.05, 0) is 32.5 Å². The number of carbonyl (C=O) groups excluding carboxylic acids is 1. The molecule has 0 saturated heterocycles. The summed E-state index contributed by atoms with van der Waals surface area (Å²) in [4.78, 5) is 16.4. The van der Waals surface area contributed by atoms with E-state index in [1.165, 1.54) is 0 Å². The van der Waals surface area contributed by atoms with Crippen LogP contribution in [0.2, 0.25) is 0 Å². The highest BCUT2D eigenvalue weighted by molar-refractivity contribution is 5.85. The summed E-state index contributed by atoms with van der Waals surface area (Å²) < 4.78 is 2.21. The average molecular weight is 361 g/mol. The summed E-state index contributed by atoms with van der Waals surface area (Å²) in [6.45, 7) is 6.22. The van der Waals surface area contributed by atoms with Gasteiger partial charge in [0.25, 0.3) is 0 Å². The molecule has 2 rings (SSSR count). The summed E-state index contributed by atoms with van der Waals surface area (Å²) in [7, 11) is 1.86. The molecule has 1 atom stereocenters. The Hall–Kier alpha value is -1.30. The average Bonchev–Trinajstić information content (AvgIpc) is 2.79. The largest absolute Gasteiger partial charge is 0.356 e. The second kappa shape index (κ2) is 10.5. The van der Waals surface area contributed by atoms with E-state index >= 15 is 0 Å². The number of para-hydroxylation sites is 2. The van der Waals surface area contributed by atoms with Gasteiger partial charge in [0.15, 0.2) is 0 Å². The molecular formula is C16H26Cl2N4O. The van der Waals surface area contributed by atoms with E-state index in [2.05, 4.69) is 26.3 Å². The molecule has 1 unspecified atom stereocenters. The molecule has 0 bridgehead atoms. The number of nitrogens with zero attached hydrogens (tertiary/aromatic N) is 2. The monoisotopic (exact) mass is 360 g/mol. The first-order valence-corrected chi connectivity index (χ1v) is 7.47. The lowest BCUT2D eigenvalue weighted by atomic mass is 10.1. The molecule has 0 fully saturated rings. The molecule has 0 aliphatic carbocycles. The number of rotatable bonds is 7. The van der Waals surface area contributed by atoms with Crippen molar-refractivity contribution in [2.24, 2.45) is 5.92 Å². The van der Waals surface area contributed by atoms with Gasteiger partial charge in [-0.15, -0.1) is 24.8 Å². The molecule has 5 nitrogen and oxygen atoms in total. The van der Waals surface area contributed by atoms with Crippen LogP contribution in [0, 0.1) is 12.8 Å². The Kier molecular flexibility index (Phi) is 9.88. The molecule has 1 heterocycles. The van der Waals surface area contributed by atoms with E-state index in [9.17, 15) is 4.79 Å². The minimum atomic E-state index is 0. The van der Waals surface area contributed by atoms with Gasteiger partial charge in [-0.3, -0.25) is 4.79 Å². The Bertz CT molecular complexity index is 615. The summed E-state index contributed by atoms with van der Waals surface area (Å²) in [5.41, 5.74) is 2.19. The quantitative estimate of drug-likeness (QED) is 0.746. The molecular weight excluding hydrogens is 335 g/mol. The summed E-state index contributed by atoms with van der Waals surface area (Å²) in [6.07, 6.45) is 0.902. The molecule has 7 heteroatoms. The molecule has 130 valence electrons. The van der Waals surface area contributed by atoms with E-state index in [4.69, 9.17) is 0 Å². The number of amides is 1. The van der Waals surface area contributed by atoms with Crippen LogP contribution in [0.5, 0.6) is 0 Å². The lowest BCUT2D eigenvalue weighted by molar-refractivity contribution is -0.124. The van der Waals surface area contributed by atoms with Crippen molar-refractivity contribution in [1.82, 2.24) is 20.2 Å². The number of aryl methyl sites for hydroxylation is 2. The molecule has 2 aromatic rings. The van der Waals surface area contributed by atoms with Crippen LogP contribution in [0.1, 0.15) is 19.2 Å². The summed E-state index contributed by atoms with van der Waals surface area (Å²) in [6, 6.07) is 8.15. The van der Waals surface area contributed by atoms with Gasteiger partial charge in [0, 0.05) is 25.6 Å². The van der Waals surface area contributed by atoms with Crippen LogP contribution >= 0.6 is 24.8 Å². The third kappa shape index (κ3) is 5.68. The zero-order valence-electron chi connectivity index (χ0n) is 13.8. The van der Waals surface area contributed by atoms with E-state index in [1.807, 2.05) is 39.1 Å². The molecule has 0 aliphatic rings. The third-order valence-electron chi connectivity index (χ3n) is 3.66. The van der Waals surface area contributed by atoms with Crippen LogP contribution in [0.25, 0.3) is 11.0 Å². The molecule has 1 amide bonds. The van der Waals surface area contributed by atoms with Crippen LogP contribution in [0.4, 0.5) is 0 Å². The molecule has 0 aliphatic heterocycles. The molecule has 1 aromatic heterocycles. The van der Waals surface area contributed by atoms with Gasteiger partial charge in [-0.2, -0.15) is 0 Å². The Morgan fingerprint density at radius 2 is 2.00 bits per heavy atom. The predicted octanol–water partition coefficient (Wildman–Crippen LogP) is 2.55. The maximum absolute atomic E-state index is 11.8. The van der Waals surface area contributed by atoms with E-state index in [0.29, 0.717) is 13.1 Å². The first kappa shape index (κ1) is 21.7. The van der Waals surface area contributed by atoms with E-state index in [0.717, 1.165) is 29.8 Å². The van der Waals surface area contributed by atoms with Gasteiger partial charge >= 0.3 is 0 Å². The minimum Gasteiger partial charge on any atom is -0.356 e. The van der Waals surface area contributed by atoms with Gasteiger partial charge in [-0.25, -0.2) is 4.98 Å². The van der Waals surface area contributed by atoms with Gasteiger partial charge in [0.05, 0.1) is 11.0 Å². The van der Waals surface area contributed by atoms with Crippen LogP contribution in [-0.4, -0.2) is 35.6 Å². The van der Waals surface area contributed by atoms with Crippen molar-refractivity contribution in [2.75, 3.05) is 20.1 Å². The fourth-order valence-electron chi connectivity index (χ4n) is 2.50. The Balaban J connectivity index is 0.00000242. The highest BCUT2D eigenvalue weighted by Gasteiger charge is 2.11. The Morgan fingerprint density at radius 3 is 2.70 bits per heavy atom. The molecule has 0 saturated carbocycles. The van der Waals surface area contributed by atoms with Crippen molar-refractivity contribution >= 4 is 41.8 Å². The highest BCUT2D eigenvalue weighted by atomic mass is 35.5. The van der Waals surface area contributed by atoms with Gasteiger partial charge in [-0.1, -0.05) is 19.1 Å². The molecule has 2 N–H and O–H groups in total. The number of benzene rings is 1. The van der Waals surface area contributed by atoms with Crippen LogP contribution in [-0.2, 0) is 11.3 Å². The topological polar surface area (TPSA) is 59.0 Å². The van der Waals surface area contributed by atoms with Gasteiger partial charge in [0.1, 0.15) is 5.82 Å². The van der Waals surface area contributed by atoms with Crippen molar-refractivity contribution in [3.63, 3.8) is 0 Å². The second-order valence-electron chi connectivity index (χ2n) is 5.40. The number of carbonyl (C=O) groups is 1. The van der Waals surface area contributed by atoms with E-state index in [1.54, 1.807) is 0 Å². The van der Waals surface area contributed by atoms with Gasteiger partial charge in [0.2, 0.25) is 5.91 Å². The Morgan fingerprint density at radius 1 is 1.30 bits per heavy atom. The second-order valence-corrected chi connectivity index (χ2v) is 5.40. The van der Waals surface area contributed by atoms with Gasteiger partial charge < -0.3 is 15.2 Å². The molecule has 0 radical (unpaired) electrons. The normalized spacial score (nSPS) is 11.4. The number of nitrogens with one attached hydrogen (secondary N) is 2. The summed E-state index contributed by atoms with van der Waals surface area (Å²) >= 11 is 0. The number of fused-ring (bicyclic) bond motifs is 1. The van der Waals surface area contributed by atoms with Crippen molar-refractivity contribution in [3.8, 4) is 0 Å². The van der Waals surface area contributed by atoms with Crippen LogP contribution in [0.3, 0.4) is 0 Å². The fourth-order valence-corrected chi connectivity index (χ4v) is 2.50. The van der Waals surface area contributed by atoms with E-state index < -0.39 is 0 Å². The van der Waals surface area contributed by atoms with Crippen LogP contribution in [0.15, 0.2) is 24.3 Å². The maximum Gasteiger partial charge on any atom is 0.224 e. The number of imidazole rings is 1. The molecule has 23 heavy (non-hydrogen) atoms. The molecule has 1 aromatic carbocycles. The lowest BCUT2D eigenvalue weighted by Gasteiger charge is -2.12.